The summed E-state index contributed by atoms with van der Waals surface area (Å²) < 4.78 is 0. The van der Waals surface area contributed by atoms with Crippen LogP contribution in [0.2, 0.25) is 11.1 Å². The average Bonchev–Trinajstić information content (AvgIpc) is 3.69. The Bertz CT molecular complexity index is 1330. The first-order valence-corrected chi connectivity index (χ1v) is 14.1. The van der Waals surface area contributed by atoms with Crippen LogP contribution in [-0.4, -0.2) is 44.9 Å². The molecule has 5 rings (SSSR count). The van der Waals surface area contributed by atoms with E-state index < -0.39 is 0 Å². The lowest BCUT2D eigenvalue weighted by Crippen LogP contribution is -2.39. The van der Waals surface area contributed by atoms with Crippen molar-refractivity contribution in [2.24, 2.45) is 4.99 Å². The van der Waals surface area contributed by atoms with E-state index in [1.165, 1.54) is 0 Å². The largest absolute Gasteiger partial charge is 0.342 e. The van der Waals surface area contributed by atoms with Crippen LogP contribution in [0.15, 0.2) is 83.9 Å². The molecule has 2 heterocycles. The highest BCUT2D eigenvalue weighted by Crippen LogP contribution is 2.48. The number of hydrogen-bond acceptors (Lipinski definition) is 3. The van der Waals surface area contributed by atoms with E-state index >= 15 is 0 Å². The Morgan fingerprint density at radius 2 is 1.78 bits per heavy atom. The van der Waals surface area contributed by atoms with Gasteiger partial charge in [0.1, 0.15) is 0 Å². The number of aliphatic imine (C=N–C) groups is 1. The summed E-state index contributed by atoms with van der Waals surface area (Å²) >= 11 is 0. The van der Waals surface area contributed by atoms with Gasteiger partial charge in [-0.15, -0.1) is 0 Å². The molecule has 3 aromatic carbocycles. The molecule has 3 aromatic rings. The fourth-order valence-electron chi connectivity index (χ4n) is 5.13. The van der Waals surface area contributed by atoms with Crippen LogP contribution in [0.25, 0.3) is 10.8 Å². The maximum Gasteiger partial charge on any atom is 0.230 e. The van der Waals surface area contributed by atoms with E-state index in [4.69, 9.17) is 4.99 Å². The lowest BCUT2D eigenvalue weighted by Gasteiger charge is -2.30. The summed E-state index contributed by atoms with van der Waals surface area (Å²) in [6.07, 6.45) is 6.60. The number of allylic oxidation sites excluding steroid dienone is 2. The predicted octanol–water partition coefficient (Wildman–Crippen LogP) is 6.78. The van der Waals surface area contributed by atoms with Crippen LogP contribution in [0.5, 0.6) is 0 Å². The predicted molar refractivity (Wildman–Crippen MR) is 149 cm³/mol. The Labute approximate surface area is 215 Å². The maximum atomic E-state index is 13.9. The van der Waals surface area contributed by atoms with Gasteiger partial charge in [0.25, 0.3) is 0 Å². The quantitative estimate of drug-likeness (QED) is 0.198. The first-order chi connectivity index (χ1) is 17.5. The molecule has 1 amide bonds. The van der Waals surface area contributed by atoms with E-state index in [9.17, 15) is 9.59 Å². The average molecular weight is 493 g/mol. The topological polar surface area (TPSA) is 49.7 Å². The van der Waals surface area contributed by atoms with Crippen molar-refractivity contribution >= 4 is 43.4 Å². The number of carbonyl (C=O) groups is 2. The fraction of sp³-hybridized carbons (Fsp3) is 0.323. The molecule has 3 atom stereocenters. The van der Waals surface area contributed by atoms with Gasteiger partial charge in [0.15, 0.2) is 5.78 Å². The Hall–Kier alpha value is -3.31. The highest BCUT2D eigenvalue weighted by molar-refractivity contribution is 6.54. The summed E-state index contributed by atoms with van der Waals surface area (Å²) in [7, 11) is 1.02. The second-order valence-electron chi connectivity index (χ2n) is 9.81. The van der Waals surface area contributed by atoms with E-state index in [2.05, 4.69) is 17.9 Å². The molecule has 4 nitrogen and oxygen atoms in total. The molecule has 5 heteroatoms. The van der Waals surface area contributed by atoms with Crippen molar-refractivity contribution in [1.29, 1.82) is 0 Å². The minimum atomic E-state index is -0.300. The molecule has 0 saturated carbocycles. The Morgan fingerprint density at radius 1 is 1.06 bits per heavy atom. The summed E-state index contributed by atoms with van der Waals surface area (Å²) in [5, 5.41) is 2.07. The van der Waals surface area contributed by atoms with Gasteiger partial charge >= 0.3 is 0 Å². The zero-order chi connectivity index (χ0) is 25.1. The number of Topliss-reactive ketones (excluding diaryl/α,β-unsaturated/α-hetero) is 1. The van der Waals surface area contributed by atoms with Crippen LogP contribution >= 0.6 is 0 Å². The molecule has 0 N–H and O–H groups in total. The van der Waals surface area contributed by atoms with Crippen molar-refractivity contribution in [2.75, 3.05) is 13.1 Å². The van der Waals surface area contributed by atoms with Crippen molar-refractivity contribution in [2.45, 2.75) is 50.1 Å². The molecule has 2 saturated heterocycles. The normalized spacial score (nSPS) is 20.4. The molecular formula is C31H32N2O2Si. The van der Waals surface area contributed by atoms with Crippen LogP contribution in [0, 0.1) is 0 Å². The third-order valence-corrected chi connectivity index (χ3v) is 8.96. The molecule has 0 bridgehead atoms. The summed E-state index contributed by atoms with van der Waals surface area (Å²) in [6.45, 7) is 5.42. The van der Waals surface area contributed by atoms with E-state index in [1.54, 1.807) is 6.92 Å². The number of likely N-dealkylation sites (tertiary alicyclic amines) is 1. The summed E-state index contributed by atoms with van der Waals surface area (Å²) in [6, 6.07) is 22.0. The van der Waals surface area contributed by atoms with Gasteiger partial charge in [0, 0.05) is 40.3 Å². The summed E-state index contributed by atoms with van der Waals surface area (Å²) in [5.41, 5.74) is 4.67. The van der Waals surface area contributed by atoms with Gasteiger partial charge in [0.2, 0.25) is 5.91 Å². The fourth-order valence-corrected chi connectivity index (χ4v) is 6.47. The molecular weight excluding hydrogens is 460 g/mol. The zero-order valence-electron chi connectivity index (χ0n) is 21.0. The van der Waals surface area contributed by atoms with Gasteiger partial charge in [-0.05, 0) is 65.4 Å². The lowest BCUT2D eigenvalue weighted by molar-refractivity contribution is -0.133. The van der Waals surface area contributed by atoms with Crippen LogP contribution in [-0.2, 0) is 4.79 Å². The third-order valence-electron chi connectivity index (χ3n) is 7.21. The van der Waals surface area contributed by atoms with Gasteiger partial charge in [-0.25, -0.2) is 0 Å². The molecule has 2 radical (unpaired) electrons. The monoisotopic (exact) mass is 492 g/mol. The smallest absolute Gasteiger partial charge is 0.230 e. The molecule has 182 valence electrons. The first kappa shape index (κ1) is 24.4. The van der Waals surface area contributed by atoms with Crippen LogP contribution in [0.1, 0.15) is 54.9 Å². The van der Waals surface area contributed by atoms with Crippen molar-refractivity contribution < 1.29 is 9.59 Å². The number of nitrogens with zero attached hydrogens (tertiary/aromatic N) is 2. The Balaban J connectivity index is 1.53. The van der Waals surface area contributed by atoms with Crippen LogP contribution < -0.4 is 0 Å². The number of amides is 1. The Kier molecular flexibility index (Phi) is 7.28. The number of carbonyl (C=O) groups excluding carboxylic acids is 2. The molecule has 0 spiro atoms. The van der Waals surface area contributed by atoms with Crippen molar-refractivity contribution in [3.8, 4) is 0 Å². The molecule has 0 aromatic heterocycles. The second kappa shape index (κ2) is 10.7. The molecule has 0 aliphatic carbocycles. The van der Waals surface area contributed by atoms with Crippen molar-refractivity contribution in [3.63, 3.8) is 0 Å². The number of ketones is 1. The SMILES string of the molecule is CC/C=C\C(CC(C(=O)N1CCC2[Si]C2C1)c1ccccc1)=Nc1cc2ccccc2cc1C(C)=O. The second-order valence-corrected chi connectivity index (χ2v) is 11.6. The third kappa shape index (κ3) is 5.41. The van der Waals surface area contributed by atoms with Gasteiger partial charge in [0.05, 0.1) is 11.6 Å². The molecule has 36 heavy (non-hydrogen) atoms. The van der Waals surface area contributed by atoms with Crippen molar-refractivity contribution in [3.05, 3.63) is 90.0 Å². The summed E-state index contributed by atoms with van der Waals surface area (Å²) in [5.74, 6) is -0.118. The van der Waals surface area contributed by atoms with E-state index in [-0.39, 0.29) is 17.6 Å². The number of piperidine rings is 1. The van der Waals surface area contributed by atoms with Gasteiger partial charge in [-0.2, -0.15) is 0 Å². The molecule has 3 unspecified atom stereocenters. The molecule has 2 aliphatic heterocycles. The van der Waals surface area contributed by atoms with E-state index in [1.807, 2.05) is 72.8 Å². The summed E-state index contributed by atoms with van der Waals surface area (Å²) in [4.78, 5) is 33.5. The highest BCUT2D eigenvalue weighted by atomic mass is 28.2. The minimum absolute atomic E-state index is 0.0119. The number of hydrogen-bond donors (Lipinski definition) is 0. The van der Waals surface area contributed by atoms with E-state index in [0.29, 0.717) is 23.2 Å². The van der Waals surface area contributed by atoms with Crippen LogP contribution in [0.3, 0.4) is 0 Å². The van der Waals surface area contributed by atoms with E-state index in [0.717, 1.165) is 63.0 Å². The van der Waals surface area contributed by atoms with Gasteiger partial charge in [-0.3, -0.25) is 14.6 Å². The Morgan fingerprint density at radius 3 is 2.47 bits per heavy atom. The minimum Gasteiger partial charge on any atom is -0.342 e. The maximum absolute atomic E-state index is 13.9. The highest BCUT2D eigenvalue weighted by Gasteiger charge is 2.44. The number of rotatable bonds is 8. The lowest BCUT2D eigenvalue weighted by atomic mass is 9.90. The number of benzene rings is 3. The zero-order valence-corrected chi connectivity index (χ0v) is 22.0. The standard InChI is InChI=1S/C31H32N2O2Si/c1-3-4-14-25(32-28-18-24-13-9-8-12-23(24)17-26(28)21(2)34)19-27(22-10-6-5-7-11-22)31(35)33-16-15-29-30(20-33)36-29/h4-14,17-18,27,29-30H,3,15-16,19-20H2,1-2H3/b14-4-,32-25?. The van der Waals surface area contributed by atoms with Crippen molar-refractivity contribution in [1.82, 2.24) is 4.90 Å². The first-order valence-electron chi connectivity index (χ1n) is 12.9. The van der Waals surface area contributed by atoms with Gasteiger partial charge < -0.3 is 4.90 Å². The number of fused-ring (bicyclic) bond motifs is 2. The van der Waals surface area contributed by atoms with Crippen LogP contribution in [0.4, 0.5) is 5.69 Å². The molecule has 2 fully saturated rings. The van der Waals surface area contributed by atoms with Gasteiger partial charge in [-0.1, -0.05) is 67.6 Å². The molecule has 2 aliphatic rings.